The Morgan fingerprint density at radius 2 is 1.91 bits per heavy atom. The van der Waals surface area contributed by atoms with E-state index in [-0.39, 0.29) is 24.3 Å². The highest BCUT2D eigenvalue weighted by atomic mass is 127. The number of halogens is 1. The molecule has 1 fully saturated rings. The molecule has 9 heteroatoms. The summed E-state index contributed by atoms with van der Waals surface area (Å²) >= 11 is 2.13. The van der Waals surface area contributed by atoms with Gasteiger partial charge in [0.15, 0.2) is 0 Å². The van der Waals surface area contributed by atoms with Gasteiger partial charge < -0.3 is 25.4 Å². The summed E-state index contributed by atoms with van der Waals surface area (Å²) in [6.07, 6.45) is 0.0433. The number of β-amino-alcohol motifs (C(OH)–C–C–N with tert-alkyl or cyclic N) is 1. The van der Waals surface area contributed by atoms with Crippen molar-refractivity contribution in [3.63, 3.8) is 0 Å². The third-order valence-corrected chi connectivity index (χ3v) is 6.19. The molecule has 8 nitrogen and oxygen atoms in total. The number of hydrogen-bond donors (Lipinski definition) is 3. The van der Waals surface area contributed by atoms with E-state index in [0.29, 0.717) is 31.4 Å². The molecule has 2 rings (SSSR count). The minimum Gasteiger partial charge on any atom is -0.444 e. The van der Waals surface area contributed by atoms with Crippen LogP contribution < -0.4 is 10.6 Å². The van der Waals surface area contributed by atoms with Gasteiger partial charge >= 0.3 is 6.09 Å². The van der Waals surface area contributed by atoms with E-state index in [0.717, 1.165) is 3.57 Å². The highest BCUT2D eigenvalue weighted by Crippen LogP contribution is 2.19. The number of ether oxygens (including phenoxy) is 1. The van der Waals surface area contributed by atoms with Crippen LogP contribution in [0.5, 0.6) is 0 Å². The fourth-order valence-corrected chi connectivity index (χ4v) is 4.35. The summed E-state index contributed by atoms with van der Waals surface area (Å²) < 4.78 is 6.15. The number of alkyl carbamates (subject to hydrolysis) is 1. The van der Waals surface area contributed by atoms with Gasteiger partial charge in [-0.1, -0.05) is 26.0 Å². The molecule has 0 aromatic heterocycles. The van der Waals surface area contributed by atoms with Crippen molar-refractivity contribution in [3.05, 3.63) is 33.4 Å². The van der Waals surface area contributed by atoms with Crippen LogP contribution in [0.1, 0.15) is 64.2 Å². The van der Waals surface area contributed by atoms with E-state index in [1.165, 1.54) is 0 Å². The molecule has 1 aromatic carbocycles. The molecule has 1 saturated heterocycles. The smallest absolute Gasteiger partial charge is 0.408 e. The van der Waals surface area contributed by atoms with Gasteiger partial charge in [0, 0.05) is 16.7 Å². The Hall–Kier alpha value is -1.88. The number of hydrogen-bond acceptors (Lipinski definition) is 5. The Balaban J connectivity index is 2.04. The monoisotopic (exact) mass is 573 g/mol. The lowest BCUT2D eigenvalue weighted by Crippen LogP contribution is -2.54. The van der Waals surface area contributed by atoms with Gasteiger partial charge in [-0.15, -0.1) is 0 Å². The van der Waals surface area contributed by atoms with Crippen LogP contribution in [0, 0.1) is 9.49 Å². The second kappa shape index (κ2) is 12.0. The number of carbonyl (C=O) groups excluding carboxylic acids is 3. The van der Waals surface area contributed by atoms with E-state index < -0.39 is 29.9 Å². The topological polar surface area (TPSA) is 108 Å². The Bertz CT molecular complexity index is 840. The van der Waals surface area contributed by atoms with E-state index in [9.17, 15) is 19.5 Å². The second-order valence-corrected chi connectivity index (χ2v) is 11.0. The number of aliphatic hydroxyl groups is 1. The summed E-state index contributed by atoms with van der Waals surface area (Å²) in [5.41, 5.74) is -0.0705. The van der Waals surface area contributed by atoms with E-state index in [4.69, 9.17) is 4.74 Å². The van der Waals surface area contributed by atoms with Crippen LogP contribution in [0.4, 0.5) is 4.79 Å². The van der Waals surface area contributed by atoms with Gasteiger partial charge in [0.2, 0.25) is 5.91 Å². The molecular weight excluding hydrogens is 537 g/mol. The van der Waals surface area contributed by atoms with Gasteiger partial charge in [0.25, 0.3) is 5.91 Å². The van der Waals surface area contributed by atoms with Crippen molar-refractivity contribution in [2.75, 3.05) is 13.1 Å². The minimum absolute atomic E-state index is 0.128. The molecule has 3 atom stereocenters. The average Bonchev–Trinajstić information content (AvgIpc) is 2.87. The zero-order valence-electron chi connectivity index (χ0n) is 20.1. The molecule has 3 unspecified atom stereocenters. The van der Waals surface area contributed by atoms with Crippen LogP contribution in [0.15, 0.2) is 24.3 Å². The van der Waals surface area contributed by atoms with E-state index >= 15 is 0 Å². The summed E-state index contributed by atoms with van der Waals surface area (Å²) in [4.78, 5) is 39.9. The molecular formula is C24H36IN3O5. The molecule has 0 bridgehead atoms. The zero-order chi connectivity index (χ0) is 24.8. The molecule has 184 valence electrons. The van der Waals surface area contributed by atoms with Crippen LogP contribution in [0.3, 0.4) is 0 Å². The second-order valence-electron chi connectivity index (χ2n) is 9.88. The van der Waals surface area contributed by atoms with Crippen molar-refractivity contribution in [1.29, 1.82) is 0 Å². The number of likely N-dealkylation sites (tertiary alicyclic amines) is 1. The van der Waals surface area contributed by atoms with Crippen LogP contribution in [-0.4, -0.2) is 64.8 Å². The lowest BCUT2D eigenvalue weighted by molar-refractivity contribution is -0.125. The first-order valence-electron chi connectivity index (χ1n) is 11.4. The van der Waals surface area contributed by atoms with E-state index in [1.54, 1.807) is 31.7 Å². The van der Waals surface area contributed by atoms with Crippen molar-refractivity contribution in [1.82, 2.24) is 15.5 Å². The number of amides is 3. The predicted molar refractivity (Wildman–Crippen MR) is 135 cm³/mol. The quantitative estimate of drug-likeness (QED) is 0.453. The van der Waals surface area contributed by atoms with Crippen molar-refractivity contribution in [3.8, 4) is 0 Å². The lowest BCUT2D eigenvalue weighted by atomic mass is 10.0. The number of aliphatic hydroxyl groups excluding tert-OH is 1. The normalized spacial score (nSPS) is 20.1. The maximum Gasteiger partial charge on any atom is 0.408 e. The lowest BCUT2D eigenvalue weighted by Gasteiger charge is -2.28. The molecule has 1 heterocycles. The van der Waals surface area contributed by atoms with Crippen molar-refractivity contribution in [2.45, 2.75) is 77.7 Å². The third kappa shape index (κ3) is 8.77. The summed E-state index contributed by atoms with van der Waals surface area (Å²) in [5.74, 6) is -0.331. The van der Waals surface area contributed by atoms with Crippen LogP contribution in [0.25, 0.3) is 0 Å². The molecule has 3 amide bonds. The molecule has 3 N–H and O–H groups in total. The predicted octanol–water partition coefficient (Wildman–Crippen LogP) is 3.31. The van der Waals surface area contributed by atoms with Crippen molar-refractivity contribution in [2.24, 2.45) is 5.92 Å². The highest BCUT2D eigenvalue weighted by molar-refractivity contribution is 14.1. The molecule has 0 radical (unpaired) electrons. The van der Waals surface area contributed by atoms with Crippen LogP contribution in [-0.2, 0) is 9.53 Å². The standard InChI is InChI=1S/C24H36IN3O5/c1-15(2)13-19(27-23(32)33-24(3,4)5)21(30)26-18-11-8-12-28(14-20(18)29)22(31)16-9-6-7-10-17(16)25/h6-7,9-10,15,18-20,29H,8,11-14H2,1-5H3,(H,26,30)(H,27,32). The highest BCUT2D eigenvalue weighted by Gasteiger charge is 2.32. The maximum absolute atomic E-state index is 13.0. The first kappa shape index (κ1) is 27.4. The van der Waals surface area contributed by atoms with Gasteiger partial charge in [0.05, 0.1) is 17.7 Å². The fraction of sp³-hybridized carbons (Fsp3) is 0.625. The molecule has 0 aliphatic carbocycles. The number of nitrogens with one attached hydrogen (secondary N) is 2. The summed E-state index contributed by atoms with van der Waals surface area (Å²) in [6.45, 7) is 9.83. The summed E-state index contributed by atoms with van der Waals surface area (Å²) in [5, 5.41) is 16.4. The van der Waals surface area contributed by atoms with Gasteiger partial charge in [-0.05, 0) is 80.7 Å². The maximum atomic E-state index is 13.0. The van der Waals surface area contributed by atoms with Gasteiger partial charge in [-0.25, -0.2) is 4.79 Å². The Labute approximate surface area is 210 Å². The van der Waals surface area contributed by atoms with Crippen LogP contribution >= 0.6 is 22.6 Å². The first-order chi connectivity index (χ1) is 15.4. The SMILES string of the molecule is CC(C)CC(NC(=O)OC(C)(C)C)C(=O)NC1CCCN(C(=O)c2ccccc2I)CC1O. The van der Waals surface area contributed by atoms with Crippen molar-refractivity contribution >= 4 is 40.5 Å². The number of nitrogens with zero attached hydrogens (tertiary/aromatic N) is 1. The molecule has 1 aliphatic heterocycles. The van der Waals surface area contributed by atoms with E-state index in [2.05, 4.69) is 33.2 Å². The Kier molecular flexibility index (Phi) is 9.96. The fourth-order valence-electron chi connectivity index (χ4n) is 3.73. The van der Waals surface area contributed by atoms with Crippen molar-refractivity contribution < 1.29 is 24.2 Å². The molecule has 1 aromatic rings. The third-order valence-electron chi connectivity index (χ3n) is 5.25. The van der Waals surface area contributed by atoms with E-state index in [1.807, 2.05) is 32.0 Å². The Morgan fingerprint density at radius 1 is 1.24 bits per heavy atom. The zero-order valence-corrected chi connectivity index (χ0v) is 22.2. The molecule has 1 aliphatic rings. The van der Waals surface area contributed by atoms with Gasteiger partial charge in [-0.3, -0.25) is 9.59 Å². The van der Waals surface area contributed by atoms with Gasteiger partial charge in [-0.2, -0.15) is 0 Å². The number of carbonyl (C=O) groups is 3. The molecule has 0 spiro atoms. The molecule has 0 saturated carbocycles. The molecule has 33 heavy (non-hydrogen) atoms. The van der Waals surface area contributed by atoms with Crippen LogP contribution in [0.2, 0.25) is 0 Å². The number of benzene rings is 1. The largest absolute Gasteiger partial charge is 0.444 e. The Morgan fingerprint density at radius 3 is 2.52 bits per heavy atom. The summed E-state index contributed by atoms with van der Waals surface area (Å²) in [7, 11) is 0. The average molecular weight is 573 g/mol. The first-order valence-corrected chi connectivity index (χ1v) is 12.5. The minimum atomic E-state index is -0.914. The van der Waals surface area contributed by atoms with Gasteiger partial charge in [0.1, 0.15) is 11.6 Å². The summed E-state index contributed by atoms with van der Waals surface area (Å²) in [6, 6.07) is 6.05. The number of rotatable bonds is 6.